The Morgan fingerprint density at radius 2 is 0.886 bits per heavy atom. The van der Waals surface area contributed by atoms with Gasteiger partial charge < -0.3 is 28.9 Å². The van der Waals surface area contributed by atoms with E-state index in [0.29, 0.717) is 0 Å². The number of hydrogen-bond donors (Lipinski definition) is 0. The van der Waals surface area contributed by atoms with Crippen LogP contribution in [0.1, 0.15) is 0 Å². The summed E-state index contributed by atoms with van der Waals surface area (Å²) in [5.41, 5.74) is 7.12. The van der Waals surface area contributed by atoms with Crippen LogP contribution in [0.2, 0.25) is 0 Å². The van der Waals surface area contributed by atoms with E-state index in [2.05, 4.69) is 19.9 Å². The molecule has 0 aliphatic heterocycles. The lowest BCUT2D eigenvalue weighted by Crippen LogP contribution is -1.92. The van der Waals surface area contributed by atoms with Crippen molar-refractivity contribution in [3.05, 3.63) is 147 Å². The van der Waals surface area contributed by atoms with Crippen molar-refractivity contribution in [3.63, 3.8) is 0 Å². The van der Waals surface area contributed by atoms with E-state index < -0.39 is 0 Å². The van der Waals surface area contributed by atoms with Gasteiger partial charge in [0.05, 0.1) is 35.4 Å². The van der Waals surface area contributed by atoms with Crippen LogP contribution in [0.25, 0.3) is 45.2 Å². The molecule has 12 heteroatoms. The second kappa shape index (κ2) is 12.5. The molecule has 0 bridgehead atoms. The Hall–Kier alpha value is -5.98. The third kappa shape index (κ3) is 5.97. The van der Waals surface area contributed by atoms with E-state index in [1.165, 1.54) is 24.3 Å². The third-order valence-electron chi connectivity index (χ3n) is 6.76. The molecule has 8 aromatic rings. The monoisotopic (exact) mass is 592 g/mol. The van der Waals surface area contributed by atoms with Gasteiger partial charge in [-0.15, -0.1) is 0 Å². The summed E-state index contributed by atoms with van der Waals surface area (Å²) < 4.78 is 33.7. The zero-order chi connectivity index (χ0) is 28.5. The molecule has 0 saturated heterocycles. The van der Waals surface area contributed by atoms with E-state index in [1.807, 2.05) is 79.4 Å². The molecule has 220 valence electrons. The van der Waals surface area contributed by atoms with Crippen LogP contribution in [0.15, 0.2) is 135 Å². The highest BCUT2D eigenvalue weighted by molar-refractivity contribution is 5.64. The Bertz CT molecular complexity index is 1950. The van der Waals surface area contributed by atoms with Crippen molar-refractivity contribution in [1.29, 1.82) is 0 Å². The standard InChI is InChI=1S/2C16H11FN4.2H2O/c2*17-13-3-1-12(2-4-13)15-10-21-9-14(5-6-16(21)19-15)20-8-7-18-11-20;;/h2*1-11H;2*1H2. The topological polar surface area (TPSA) is 133 Å². The fourth-order valence-corrected chi connectivity index (χ4v) is 4.61. The van der Waals surface area contributed by atoms with Gasteiger partial charge in [0.1, 0.15) is 22.9 Å². The Kier molecular flexibility index (Phi) is 8.37. The molecule has 0 fully saturated rings. The molecule has 8 rings (SSSR count). The number of fused-ring (bicyclic) bond motifs is 2. The number of benzene rings is 2. The van der Waals surface area contributed by atoms with Crippen LogP contribution in [0, 0.1) is 11.6 Å². The highest BCUT2D eigenvalue weighted by Gasteiger charge is 2.07. The van der Waals surface area contributed by atoms with Gasteiger partial charge in [-0.2, -0.15) is 0 Å². The van der Waals surface area contributed by atoms with Crippen molar-refractivity contribution < 1.29 is 19.7 Å². The van der Waals surface area contributed by atoms with E-state index >= 15 is 0 Å². The minimum absolute atomic E-state index is 0. The fraction of sp³-hybridized carbons (Fsp3) is 0. The number of pyridine rings is 2. The number of imidazole rings is 4. The number of nitrogens with zero attached hydrogens (tertiary/aromatic N) is 8. The van der Waals surface area contributed by atoms with Crippen molar-refractivity contribution in [3.8, 4) is 33.9 Å². The van der Waals surface area contributed by atoms with Crippen LogP contribution >= 0.6 is 0 Å². The zero-order valence-corrected chi connectivity index (χ0v) is 23.0. The van der Waals surface area contributed by atoms with Crippen molar-refractivity contribution in [2.75, 3.05) is 0 Å². The fourth-order valence-electron chi connectivity index (χ4n) is 4.61. The molecule has 6 heterocycles. The first-order valence-corrected chi connectivity index (χ1v) is 13.1. The number of hydrogen-bond acceptors (Lipinski definition) is 4. The molecule has 4 N–H and O–H groups in total. The van der Waals surface area contributed by atoms with Crippen molar-refractivity contribution in [2.24, 2.45) is 0 Å². The molecule has 10 nitrogen and oxygen atoms in total. The Morgan fingerprint density at radius 3 is 1.25 bits per heavy atom. The molecular weight excluding hydrogens is 566 g/mol. The average Bonchev–Trinajstić information content (AvgIpc) is 3.84. The molecule has 6 aromatic heterocycles. The minimum atomic E-state index is -0.245. The summed E-state index contributed by atoms with van der Waals surface area (Å²) in [7, 11) is 0. The second-order valence-corrected chi connectivity index (χ2v) is 9.51. The molecule has 0 atom stereocenters. The number of rotatable bonds is 4. The van der Waals surface area contributed by atoms with E-state index in [-0.39, 0.29) is 22.6 Å². The van der Waals surface area contributed by atoms with Crippen LogP contribution < -0.4 is 0 Å². The van der Waals surface area contributed by atoms with Gasteiger partial charge in [0.2, 0.25) is 0 Å². The highest BCUT2D eigenvalue weighted by atomic mass is 19.1. The van der Waals surface area contributed by atoms with Crippen molar-refractivity contribution in [2.45, 2.75) is 0 Å². The molecule has 0 spiro atoms. The lowest BCUT2D eigenvalue weighted by Gasteiger charge is -2.01. The molecule has 0 aliphatic carbocycles. The van der Waals surface area contributed by atoms with Crippen LogP contribution in [0.3, 0.4) is 0 Å². The lowest BCUT2D eigenvalue weighted by molar-refractivity contribution is 0.627. The Labute approximate surface area is 249 Å². The summed E-state index contributed by atoms with van der Waals surface area (Å²) in [6, 6.07) is 20.5. The molecule has 44 heavy (non-hydrogen) atoms. The van der Waals surface area contributed by atoms with Crippen molar-refractivity contribution >= 4 is 11.3 Å². The van der Waals surface area contributed by atoms with Gasteiger partial charge in [0, 0.05) is 60.7 Å². The Balaban J connectivity index is 0.000000167. The van der Waals surface area contributed by atoms with E-state index in [0.717, 1.165) is 45.2 Å². The van der Waals surface area contributed by atoms with Gasteiger partial charge in [0.25, 0.3) is 0 Å². The largest absolute Gasteiger partial charge is 0.412 e. The SMILES string of the molecule is Fc1ccc(-c2cn3cc(-n4ccnc4)ccc3n2)cc1.Fc1ccc(-c2cn3cc(-n4ccnc4)ccc3n2)cc1.O.O. The molecule has 0 aliphatic rings. The molecule has 0 radical (unpaired) electrons. The summed E-state index contributed by atoms with van der Waals surface area (Å²) >= 11 is 0. The first-order valence-electron chi connectivity index (χ1n) is 13.1. The van der Waals surface area contributed by atoms with Crippen LogP contribution in [-0.4, -0.2) is 48.8 Å². The van der Waals surface area contributed by atoms with Gasteiger partial charge in [-0.25, -0.2) is 28.7 Å². The predicted molar refractivity (Wildman–Crippen MR) is 163 cm³/mol. The summed E-state index contributed by atoms with van der Waals surface area (Å²) in [5.74, 6) is -0.491. The molecule has 0 saturated carbocycles. The maximum Gasteiger partial charge on any atom is 0.137 e. The smallest absolute Gasteiger partial charge is 0.137 e. The van der Waals surface area contributed by atoms with Gasteiger partial charge >= 0.3 is 0 Å². The van der Waals surface area contributed by atoms with Gasteiger partial charge in [-0.05, 0) is 72.8 Å². The third-order valence-corrected chi connectivity index (χ3v) is 6.76. The Morgan fingerprint density at radius 1 is 0.477 bits per heavy atom. The maximum absolute atomic E-state index is 13.0. The normalized spacial score (nSPS) is 10.6. The van der Waals surface area contributed by atoms with Crippen LogP contribution in [-0.2, 0) is 0 Å². The van der Waals surface area contributed by atoms with Gasteiger partial charge in [-0.3, -0.25) is 0 Å². The molecular formula is C32H26F2N8O2. The molecule has 0 unspecified atom stereocenters. The molecule has 2 aromatic carbocycles. The average molecular weight is 593 g/mol. The van der Waals surface area contributed by atoms with E-state index in [1.54, 1.807) is 49.3 Å². The second-order valence-electron chi connectivity index (χ2n) is 9.51. The minimum Gasteiger partial charge on any atom is -0.412 e. The zero-order valence-electron chi connectivity index (χ0n) is 23.0. The van der Waals surface area contributed by atoms with Gasteiger partial charge in [-0.1, -0.05) is 0 Å². The maximum atomic E-state index is 13.0. The van der Waals surface area contributed by atoms with Crippen LogP contribution in [0.4, 0.5) is 8.78 Å². The first kappa shape index (κ1) is 29.5. The molecule has 0 amide bonds. The van der Waals surface area contributed by atoms with E-state index in [4.69, 9.17) is 0 Å². The summed E-state index contributed by atoms with van der Waals surface area (Å²) in [6.07, 6.45) is 18.6. The van der Waals surface area contributed by atoms with Crippen molar-refractivity contribution in [1.82, 2.24) is 37.9 Å². The van der Waals surface area contributed by atoms with Crippen LogP contribution in [0.5, 0.6) is 0 Å². The predicted octanol–water partition coefficient (Wildman–Crippen LogP) is 5.00. The number of halogens is 2. The summed E-state index contributed by atoms with van der Waals surface area (Å²) in [4.78, 5) is 17.2. The lowest BCUT2D eigenvalue weighted by atomic mass is 10.2. The summed E-state index contributed by atoms with van der Waals surface area (Å²) in [5, 5.41) is 0. The first-order chi connectivity index (χ1) is 20.6. The van der Waals surface area contributed by atoms with Gasteiger partial charge in [0.15, 0.2) is 0 Å². The number of aromatic nitrogens is 8. The highest BCUT2D eigenvalue weighted by Crippen LogP contribution is 2.22. The quantitative estimate of drug-likeness (QED) is 0.284. The summed E-state index contributed by atoms with van der Waals surface area (Å²) in [6.45, 7) is 0. The van der Waals surface area contributed by atoms with E-state index in [9.17, 15) is 8.78 Å².